The van der Waals surface area contributed by atoms with Crippen molar-refractivity contribution in [2.24, 2.45) is 5.92 Å². The summed E-state index contributed by atoms with van der Waals surface area (Å²) >= 11 is 0. The molecule has 0 spiro atoms. The summed E-state index contributed by atoms with van der Waals surface area (Å²) in [5, 5.41) is 0. The molecule has 2 aromatic rings. The predicted octanol–water partition coefficient (Wildman–Crippen LogP) is 7.74. The molecular weight excluding hydrogens is 328 g/mol. The number of rotatable bonds is 9. The zero-order valence-electron chi connectivity index (χ0n) is 17.3. The average Bonchev–Trinajstić information content (AvgIpc) is 2.73. The van der Waals surface area contributed by atoms with Crippen LogP contribution in [0.4, 0.5) is 0 Å². The van der Waals surface area contributed by atoms with Crippen LogP contribution in [0.5, 0.6) is 0 Å². The van der Waals surface area contributed by atoms with E-state index in [0.717, 1.165) is 12.5 Å². The first-order chi connectivity index (χ1) is 13.3. The van der Waals surface area contributed by atoms with E-state index in [1.807, 2.05) is 0 Å². The van der Waals surface area contributed by atoms with Crippen molar-refractivity contribution >= 4 is 0 Å². The van der Waals surface area contributed by atoms with Crippen molar-refractivity contribution in [2.45, 2.75) is 77.7 Å². The lowest BCUT2D eigenvalue weighted by molar-refractivity contribution is -0.0197. The highest BCUT2D eigenvalue weighted by Gasteiger charge is 2.22. The van der Waals surface area contributed by atoms with Gasteiger partial charge in [0.05, 0.1) is 12.7 Å². The topological polar surface area (TPSA) is 9.23 Å². The quantitative estimate of drug-likeness (QED) is 0.413. The number of benzene rings is 2. The minimum atomic E-state index is 0.290. The van der Waals surface area contributed by atoms with Crippen LogP contribution in [0.2, 0.25) is 0 Å². The molecule has 2 unspecified atom stereocenters. The highest BCUT2D eigenvalue weighted by Crippen LogP contribution is 2.33. The Labute approximate surface area is 166 Å². The Bertz CT molecular complexity index is 648. The summed E-state index contributed by atoms with van der Waals surface area (Å²) in [4.78, 5) is 0. The van der Waals surface area contributed by atoms with Gasteiger partial charge in [-0.1, -0.05) is 88.1 Å². The monoisotopic (exact) mass is 364 g/mol. The molecule has 0 radical (unpaired) electrons. The molecule has 0 N–H and O–H groups in total. The van der Waals surface area contributed by atoms with E-state index in [-0.39, 0.29) is 6.10 Å². The summed E-state index contributed by atoms with van der Waals surface area (Å²) in [6.45, 7) is 5.47. The summed E-state index contributed by atoms with van der Waals surface area (Å²) in [7, 11) is 0. The number of hydrogen-bond donors (Lipinski definition) is 0. The fraction of sp³-hybridized carbons (Fsp3) is 0.538. The normalized spacial score (nSPS) is 19.9. The first-order valence-corrected chi connectivity index (χ1v) is 11.1. The van der Waals surface area contributed by atoms with Crippen molar-refractivity contribution in [1.82, 2.24) is 0 Å². The Morgan fingerprint density at radius 3 is 2.04 bits per heavy atom. The van der Waals surface area contributed by atoms with Gasteiger partial charge in [0, 0.05) is 0 Å². The first kappa shape index (κ1) is 20.1. The first-order valence-electron chi connectivity index (χ1n) is 11.1. The average molecular weight is 365 g/mol. The third-order valence-electron chi connectivity index (χ3n) is 5.97. The molecule has 1 aliphatic heterocycles. The van der Waals surface area contributed by atoms with Gasteiger partial charge in [-0.2, -0.15) is 0 Å². The second-order valence-corrected chi connectivity index (χ2v) is 8.18. The van der Waals surface area contributed by atoms with Crippen LogP contribution in [0.25, 0.3) is 11.1 Å². The number of ether oxygens (including phenoxy) is 1. The lowest BCUT2D eigenvalue weighted by Gasteiger charge is -2.29. The van der Waals surface area contributed by atoms with Crippen LogP contribution in [0.15, 0.2) is 48.5 Å². The SMILES string of the molecule is CCCCCc1ccc(-c2ccc(C3CCC(CCCC)CO3)cc2)cc1. The van der Waals surface area contributed by atoms with Crippen molar-refractivity contribution in [2.75, 3.05) is 6.61 Å². The van der Waals surface area contributed by atoms with Gasteiger partial charge in [-0.3, -0.25) is 0 Å². The molecule has 146 valence electrons. The van der Waals surface area contributed by atoms with Crippen LogP contribution in [0.1, 0.15) is 82.4 Å². The highest BCUT2D eigenvalue weighted by molar-refractivity contribution is 5.64. The molecule has 27 heavy (non-hydrogen) atoms. The number of unbranched alkanes of at least 4 members (excludes halogenated alkanes) is 3. The molecule has 1 nitrogen and oxygen atoms in total. The van der Waals surface area contributed by atoms with E-state index in [9.17, 15) is 0 Å². The summed E-state index contributed by atoms with van der Waals surface area (Å²) in [6.07, 6.45) is 11.8. The maximum Gasteiger partial charge on any atom is 0.0825 e. The van der Waals surface area contributed by atoms with Crippen LogP contribution in [-0.2, 0) is 11.2 Å². The van der Waals surface area contributed by atoms with Gasteiger partial charge in [-0.25, -0.2) is 0 Å². The summed E-state index contributed by atoms with van der Waals surface area (Å²) < 4.78 is 6.18. The molecule has 0 bridgehead atoms. The molecule has 1 aliphatic rings. The van der Waals surface area contributed by atoms with Crippen LogP contribution in [0, 0.1) is 5.92 Å². The largest absolute Gasteiger partial charge is 0.373 e. The molecule has 0 saturated carbocycles. The third-order valence-corrected chi connectivity index (χ3v) is 5.97. The predicted molar refractivity (Wildman–Crippen MR) is 116 cm³/mol. The van der Waals surface area contributed by atoms with Gasteiger partial charge in [0.15, 0.2) is 0 Å². The standard InChI is InChI=1S/C26H36O/c1-3-5-7-9-21-10-13-23(14-11-21)24-15-17-25(18-16-24)26-19-12-22(20-27-26)8-6-4-2/h10-11,13-18,22,26H,3-9,12,19-20H2,1-2H3. The molecule has 1 saturated heterocycles. The second kappa shape index (κ2) is 10.7. The molecular formula is C26H36O. The van der Waals surface area contributed by atoms with Crippen LogP contribution >= 0.6 is 0 Å². The van der Waals surface area contributed by atoms with Gasteiger partial charge in [0.1, 0.15) is 0 Å². The van der Waals surface area contributed by atoms with Gasteiger partial charge in [-0.15, -0.1) is 0 Å². The molecule has 1 heteroatoms. The Kier molecular flexibility index (Phi) is 7.95. The minimum Gasteiger partial charge on any atom is -0.373 e. The minimum absolute atomic E-state index is 0.290. The van der Waals surface area contributed by atoms with Gasteiger partial charge in [-0.05, 0) is 60.3 Å². The molecule has 0 aromatic heterocycles. The Morgan fingerprint density at radius 1 is 0.778 bits per heavy atom. The summed E-state index contributed by atoms with van der Waals surface area (Å²) in [5.41, 5.74) is 5.40. The molecule has 0 amide bonds. The Morgan fingerprint density at radius 2 is 1.44 bits per heavy atom. The van der Waals surface area contributed by atoms with Crippen molar-refractivity contribution < 1.29 is 4.74 Å². The molecule has 2 atom stereocenters. The molecule has 0 aliphatic carbocycles. The smallest absolute Gasteiger partial charge is 0.0825 e. The van der Waals surface area contributed by atoms with E-state index in [4.69, 9.17) is 4.74 Å². The fourth-order valence-electron chi connectivity index (χ4n) is 4.12. The van der Waals surface area contributed by atoms with E-state index >= 15 is 0 Å². The van der Waals surface area contributed by atoms with Gasteiger partial charge < -0.3 is 4.74 Å². The Hall–Kier alpha value is -1.60. The zero-order valence-corrected chi connectivity index (χ0v) is 17.3. The van der Waals surface area contributed by atoms with E-state index in [0.29, 0.717) is 0 Å². The van der Waals surface area contributed by atoms with Crippen LogP contribution < -0.4 is 0 Å². The Balaban J connectivity index is 1.54. The molecule has 2 aromatic carbocycles. The number of hydrogen-bond acceptors (Lipinski definition) is 1. The van der Waals surface area contributed by atoms with Gasteiger partial charge in [0.25, 0.3) is 0 Å². The molecule has 3 rings (SSSR count). The van der Waals surface area contributed by atoms with Gasteiger partial charge >= 0.3 is 0 Å². The van der Waals surface area contributed by atoms with Gasteiger partial charge in [0.2, 0.25) is 0 Å². The summed E-state index contributed by atoms with van der Waals surface area (Å²) in [6, 6.07) is 18.2. The van der Waals surface area contributed by atoms with E-state index < -0.39 is 0 Å². The van der Waals surface area contributed by atoms with Crippen molar-refractivity contribution in [3.63, 3.8) is 0 Å². The van der Waals surface area contributed by atoms with Crippen molar-refractivity contribution in [3.8, 4) is 11.1 Å². The zero-order chi connectivity index (χ0) is 18.9. The van der Waals surface area contributed by atoms with E-state index in [1.54, 1.807) is 0 Å². The molecule has 1 fully saturated rings. The van der Waals surface area contributed by atoms with Crippen LogP contribution in [0.3, 0.4) is 0 Å². The lowest BCUT2D eigenvalue weighted by atomic mass is 9.90. The molecule has 1 heterocycles. The second-order valence-electron chi connectivity index (χ2n) is 8.18. The van der Waals surface area contributed by atoms with E-state index in [1.165, 1.54) is 80.0 Å². The van der Waals surface area contributed by atoms with E-state index in [2.05, 4.69) is 62.4 Å². The third kappa shape index (κ3) is 5.94. The van der Waals surface area contributed by atoms with Crippen molar-refractivity contribution in [3.05, 3.63) is 59.7 Å². The number of aryl methyl sites for hydroxylation is 1. The lowest BCUT2D eigenvalue weighted by Crippen LogP contribution is -2.20. The van der Waals surface area contributed by atoms with Crippen LogP contribution in [-0.4, -0.2) is 6.61 Å². The van der Waals surface area contributed by atoms with Crippen molar-refractivity contribution in [1.29, 1.82) is 0 Å². The maximum absolute atomic E-state index is 6.18. The fourth-order valence-corrected chi connectivity index (χ4v) is 4.12. The summed E-state index contributed by atoms with van der Waals surface area (Å²) in [5.74, 6) is 0.774. The maximum atomic E-state index is 6.18. The highest BCUT2D eigenvalue weighted by atomic mass is 16.5.